The number of carboxylic acids is 1. The van der Waals surface area contributed by atoms with Crippen molar-refractivity contribution < 1.29 is 19.4 Å². The molecule has 2 aromatic carbocycles. The topological polar surface area (TPSA) is 63.6 Å². The average molecular weight is 342 g/mol. The lowest BCUT2D eigenvalue weighted by Gasteiger charge is -2.08. The number of methoxy groups -OCH3 is 1. The Morgan fingerprint density at radius 1 is 1.17 bits per heavy atom. The van der Waals surface area contributed by atoms with E-state index in [0.29, 0.717) is 16.9 Å². The van der Waals surface area contributed by atoms with Crippen molar-refractivity contribution in [3.05, 3.63) is 65.2 Å². The molecule has 0 spiro atoms. The highest BCUT2D eigenvalue weighted by Crippen LogP contribution is 2.21. The zero-order valence-electron chi connectivity index (χ0n) is 13.5. The lowest BCUT2D eigenvalue weighted by atomic mass is 10.0. The molecule has 2 aromatic rings. The maximum Gasteiger partial charge on any atom is 0.307 e. The van der Waals surface area contributed by atoms with Crippen LogP contribution in [0.3, 0.4) is 0 Å². The maximum absolute atomic E-state index is 12.3. The summed E-state index contributed by atoms with van der Waals surface area (Å²) in [7, 11) is 1.47. The second kappa shape index (κ2) is 8.36. The molecular weight excluding hydrogens is 324 g/mol. The van der Waals surface area contributed by atoms with Crippen LogP contribution in [-0.4, -0.2) is 30.2 Å². The minimum absolute atomic E-state index is 0.182. The Labute approximate surface area is 145 Å². The second-order valence-electron chi connectivity index (χ2n) is 5.07. The van der Waals surface area contributed by atoms with Gasteiger partial charge in [0.2, 0.25) is 0 Å². The van der Waals surface area contributed by atoms with Gasteiger partial charge in [0.25, 0.3) is 0 Å². The first-order valence-corrected chi connectivity index (χ1v) is 8.51. The highest BCUT2D eigenvalue weighted by molar-refractivity contribution is 7.98. The fourth-order valence-corrected chi connectivity index (χ4v) is 2.62. The highest BCUT2D eigenvalue weighted by Gasteiger charge is 2.11. The number of ether oxygens (including phenoxy) is 1. The molecule has 0 aliphatic carbocycles. The number of hydrogen-bond acceptors (Lipinski definition) is 4. The minimum atomic E-state index is -0.970. The molecule has 4 nitrogen and oxygen atoms in total. The number of carboxylic acid groups (broad SMARTS) is 1. The van der Waals surface area contributed by atoms with Crippen LogP contribution in [-0.2, 0) is 11.2 Å². The molecule has 0 bridgehead atoms. The van der Waals surface area contributed by atoms with E-state index in [1.807, 2.05) is 30.5 Å². The first kappa shape index (κ1) is 17.8. The van der Waals surface area contributed by atoms with Gasteiger partial charge in [-0.3, -0.25) is 9.59 Å². The van der Waals surface area contributed by atoms with Crippen LogP contribution in [0.2, 0.25) is 0 Å². The molecule has 0 fully saturated rings. The molecule has 24 heavy (non-hydrogen) atoms. The van der Waals surface area contributed by atoms with E-state index in [1.54, 1.807) is 36.0 Å². The Kier molecular flexibility index (Phi) is 6.21. The first-order chi connectivity index (χ1) is 11.5. The van der Waals surface area contributed by atoms with Crippen LogP contribution in [0.4, 0.5) is 0 Å². The van der Waals surface area contributed by atoms with Gasteiger partial charge in [0.1, 0.15) is 5.75 Å². The van der Waals surface area contributed by atoms with Gasteiger partial charge in [0, 0.05) is 16.0 Å². The van der Waals surface area contributed by atoms with Crippen molar-refractivity contribution in [1.29, 1.82) is 0 Å². The summed E-state index contributed by atoms with van der Waals surface area (Å²) < 4.78 is 5.14. The standard InChI is InChI=1S/C19H18O4S/c1-23-18-10-6-14(11-15(18)12-19(21)22)17(20)9-5-13-3-7-16(24-2)8-4-13/h3-11H,12H2,1-2H3,(H,21,22)/b9-5+. The average Bonchev–Trinajstić information content (AvgIpc) is 2.59. The summed E-state index contributed by atoms with van der Waals surface area (Å²) in [5.41, 5.74) is 1.85. The molecule has 0 amide bonds. The first-order valence-electron chi connectivity index (χ1n) is 7.28. The maximum atomic E-state index is 12.3. The van der Waals surface area contributed by atoms with E-state index in [1.165, 1.54) is 13.2 Å². The van der Waals surface area contributed by atoms with Gasteiger partial charge in [-0.05, 0) is 48.2 Å². The summed E-state index contributed by atoms with van der Waals surface area (Å²) in [6, 6.07) is 12.7. The second-order valence-corrected chi connectivity index (χ2v) is 5.95. The summed E-state index contributed by atoms with van der Waals surface area (Å²) in [5, 5.41) is 8.95. The van der Waals surface area contributed by atoms with E-state index >= 15 is 0 Å². The fourth-order valence-electron chi connectivity index (χ4n) is 2.22. The molecule has 124 valence electrons. The van der Waals surface area contributed by atoms with Gasteiger partial charge in [-0.1, -0.05) is 18.2 Å². The monoisotopic (exact) mass is 342 g/mol. The molecule has 2 rings (SSSR count). The third kappa shape index (κ3) is 4.73. The largest absolute Gasteiger partial charge is 0.496 e. The van der Waals surface area contributed by atoms with E-state index in [0.717, 1.165) is 10.5 Å². The van der Waals surface area contributed by atoms with Crippen molar-refractivity contribution >= 4 is 29.6 Å². The van der Waals surface area contributed by atoms with E-state index in [4.69, 9.17) is 9.84 Å². The number of rotatable bonds is 7. The molecule has 0 saturated carbocycles. The Bertz CT molecular complexity index is 763. The van der Waals surface area contributed by atoms with Crippen molar-refractivity contribution in [3.8, 4) is 5.75 Å². The molecule has 0 aliphatic heterocycles. The van der Waals surface area contributed by atoms with Gasteiger partial charge in [0.05, 0.1) is 13.5 Å². The third-order valence-electron chi connectivity index (χ3n) is 3.45. The number of carbonyl (C=O) groups excluding carboxylic acids is 1. The Morgan fingerprint density at radius 2 is 1.88 bits per heavy atom. The van der Waals surface area contributed by atoms with Crippen LogP contribution >= 0.6 is 11.8 Å². The van der Waals surface area contributed by atoms with Crippen LogP contribution in [0.1, 0.15) is 21.5 Å². The van der Waals surface area contributed by atoms with Gasteiger partial charge in [-0.2, -0.15) is 0 Å². The van der Waals surface area contributed by atoms with Gasteiger partial charge in [-0.25, -0.2) is 0 Å². The lowest BCUT2D eigenvalue weighted by Crippen LogP contribution is -2.04. The Morgan fingerprint density at radius 3 is 2.46 bits per heavy atom. The molecular formula is C19H18O4S. The summed E-state index contributed by atoms with van der Waals surface area (Å²) in [6.07, 6.45) is 5.05. The molecule has 5 heteroatoms. The Hall–Kier alpha value is -2.53. The SMILES string of the molecule is COc1ccc(C(=O)/C=C/c2ccc(SC)cc2)cc1CC(=O)O. The van der Waals surface area contributed by atoms with Crippen LogP contribution in [0, 0.1) is 0 Å². The third-order valence-corrected chi connectivity index (χ3v) is 4.19. The molecule has 0 unspecified atom stereocenters. The summed E-state index contributed by atoms with van der Waals surface area (Å²) in [4.78, 5) is 24.4. The number of hydrogen-bond donors (Lipinski definition) is 1. The minimum Gasteiger partial charge on any atom is -0.496 e. The molecule has 1 N–H and O–H groups in total. The van der Waals surface area contributed by atoms with Crippen LogP contribution in [0.25, 0.3) is 6.08 Å². The van der Waals surface area contributed by atoms with Crippen LogP contribution in [0.5, 0.6) is 5.75 Å². The Balaban J connectivity index is 2.19. The molecule has 0 radical (unpaired) electrons. The molecule has 0 saturated heterocycles. The van der Waals surface area contributed by atoms with E-state index < -0.39 is 5.97 Å². The van der Waals surface area contributed by atoms with Gasteiger partial charge in [-0.15, -0.1) is 11.8 Å². The van der Waals surface area contributed by atoms with Gasteiger partial charge < -0.3 is 9.84 Å². The van der Waals surface area contributed by atoms with Crippen molar-refractivity contribution in [2.24, 2.45) is 0 Å². The number of thioether (sulfide) groups is 1. The van der Waals surface area contributed by atoms with Crippen LogP contribution < -0.4 is 4.74 Å². The number of carbonyl (C=O) groups is 2. The van der Waals surface area contributed by atoms with E-state index in [-0.39, 0.29) is 12.2 Å². The summed E-state index contributed by atoms with van der Waals surface area (Å²) in [5.74, 6) is -0.689. The van der Waals surface area contributed by atoms with Crippen molar-refractivity contribution in [2.45, 2.75) is 11.3 Å². The predicted molar refractivity (Wildman–Crippen MR) is 95.9 cm³/mol. The number of aliphatic carboxylic acids is 1. The smallest absolute Gasteiger partial charge is 0.307 e. The van der Waals surface area contributed by atoms with Crippen molar-refractivity contribution in [1.82, 2.24) is 0 Å². The highest BCUT2D eigenvalue weighted by atomic mass is 32.2. The van der Waals surface area contributed by atoms with Crippen molar-refractivity contribution in [3.63, 3.8) is 0 Å². The molecule has 0 aromatic heterocycles. The van der Waals surface area contributed by atoms with E-state index in [2.05, 4.69) is 0 Å². The zero-order chi connectivity index (χ0) is 17.5. The molecule has 0 heterocycles. The quantitative estimate of drug-likeness (QED) is 0.469. The predicted octanol–water partition coefficient (Wildman–Crippen LogP) is 3.94. The number of ketones is 1. The zero-order valence-corrected chi connectivity index (χ0v) is 14.3. The van der Waals surface area contributed by atoms with Gasteiger partial charge >= 0.3 is 5.97 Å². The summed E-state index contributed by atoms with van der Waals surface area (Å²) in [6.45, 7) is 0. The van der Waals surface area contributed by atoms with Crippen molar-refractivity contribution in [2.75, 3.05) is 13.4 Å². The number of allylic oxidation sites excluding steroid dienone is 1. The summed E-state index contributed by atoms with van der Waals surface area (Å²) >= 11 is 1.66. The van der Waals surface area contributed by atoms with E-state index in [9.17, 15) is 9.59 Å². The molecule has 0 aliphatic rings. The normalized spacial score (nSPS) is 10.8. The van der Waals surface area contributed by atoms with Crippen LogP contribution in [0.15, 0.2) is 53.4 Å². The molecule has 0 atom stereocenters. The lowest BCUT2D eigenvalue weighted by molar-refractivity contribution is -0.136. The number of benzene rings is 2. The fraction of sp³-hybridized carbons (Fsp3) is 0.158. The van der Waals surface area contributed by atoms with Gasteiger partial charge in [0.15, 0.2) is 5.78 Å².